The summed E-state index contributed by atoms with van der Waals surface area (Å²) in [7, 11) is 0. The van der Waals surface area contributed by atoms with Crippen molar-refractivity contribution in [2.45, 2.75) is 38.9 Å². The lowest BCUT2D eigenvalue weighted by Crippen LogP contribution is -2.33. The molecule has 120 valence electrons. The van der Waals surface area contributed by atoms with Gasteiger partial charge in [-0.3, -0.25) is 14.4 Å². The van der Waals surface area contributed by atoms with E-state index in [0.717, 1.165) is 30.2 Å². The first-order valence-electron chi connectivity index (χ1n) is 7.77. The largest absolute Gasteiger partial charge is 0.293 e. The number of fused-ring (bicyclic) bond motifs is 1. The molecule has 1 atom stereocenters. The van der Waals surface area contributed by atoms with Crippen molar-refractivity contribution in [3.63, 3.8) is 0 Å². The van der Waals surface area contributed by atoms with Gasteiger partial charge in [-0.2, -0.15) is 14.7 Å². The predicted octanol–water partition coefficient (Wildman–Crippen LogP) is 1.32. The summed E-state index contributed by atoms with van der Waals surface area (Å²) in [5.41, 5.74) is 0.725. The van der Waals surface area contributed by atoms with Crippen LogP contribution in [0.15, 0.2) is 29.3 Å². The van der Waals surface area contributed by atoms with Crippen molar-refractivity contribution < 1.29 is 0 Å². The number of likely N-dealkylation sites (tertiary alicyclic amines) is 1. The average Bonchev–Trinajstić information content (AvgIpc) is 3.22. The number of hydrogen-bond donors (Lipinski definition) is 0. The molecule has 1 saturated heterocycles. The van der Waals surface area contributed by atoms with Gasteiger partial charge in [0, 0.05) is 31.0 Å². The van der Waals surface area contributed by atoms with E-state index in [1.807, 2.05) is 30.1 Å². The minimum absolute atomic E-state index is 0.0998. The number of rotatable bonds is 4. The van der Waals surface area contributed by atoms with Gasteiger partial charge in [0.05, 0.1) is 12.2 Å². The summed E-state index contributed by atoms with van der Waals surface area (Å²) >= 11 is 1.45. The summed E-state index contributed by atoms with van der Waals surface area (Å²) in [6.07, 6.45) is 6.13. The molecule has 7 nitrogen and oxygen atoms in total. The standard InChI is InChI=1S/C15H18N6OS/c1-11-18-21-14(22)8-12(17-15(21)23-11)9-19-6-2-4-13(19)10-20-7-3-5-16-20/h3,5,7-8,13H,2,4,6,9-10H2,1H3/t13-/m0/s1. The van der Waals surface area contributed by atoms with Gasteiger partial charge in [-0.15, -0.1) is 0 Å². The van der Waals surface area contributed by atoms with Crippen LogP contribution in [0.25, 0.3) is 4.96 Å². The summed E-state index contributed by atoms with van der Waals surface area (Å²) in [5, 5.41) is 9.33. The predicted molar refractivity (Wildman–Crippen MR) is 87.5 cm³/mol. The van der Waals surface area contributed by atoms with E-state index in [9.17, 15) is 4.79 Å². The second-order valence-corrected chi connectivity index (χ2v) is 7.06. The van der Waals surface area contributed by atoms with E-state index in [2.05, 4.69) is 20.1 Å². The highest BCUT2D eigenvalue weighted by Crippen LogP contribution is 2.21. The van der Waals surface area contributed by atoms with Gasteiger partial charge in [-0.1, -0.05) is 11.3 Å². The summed E-state index contributed by atoms with van der Waals surface area (Å²) in [6.45, 7) is 4.51. The minimum Gasteiger partial charge on any atom is -0.293 e. The molecule has 0 amide bonds. The molecule has 3 aromatic heterocycles. The van der Waals surface area contributed by atoms with E-state index < -0.39 is 0 Å². The average molecular weight is 330 g/mol. The van der Waals surface area contributed by atoms with Gasteiger partial charge in [0.15, 0.2) is 0 Å². The lowest BCUT2D eigenvalue weighted by molar-refractivity contribution is 0.217. The molecule has 0 aromatic carbocycles. The molecule has 0 saturated carbocycles. The fourth-order valence-electron chi connectivity index (χ4n) is 3.18. The smallest absolute Gasteiger partial charge is 0.275 e. The number of hydrogen-bond acceptors (Lipinski definition) is 6. The Morgan fingerprint density at radius 1 is 1.43 bits per heavy atom. The van der Waals surface area contributed by atoms with Crippen LogP contribution in [0.5, 0.6) is 0 Å². The molecule has 1 fully saturated rings. The Balaban J connectivity index is 1.55. The normalized spacial score (nSPS) is 18.9. The van der Waals surface area contributed by atoms with Crippen LogP contribution < -0.4 is 5.56 Å². The first kappa shape index (κ1) is 14.5. The third-order valence-electron chi connectivity index (χ3n) is 4.22. The highest BCUT2D eigenvalue weighted by atomic mass is 32.1. The molecule has 1 aliphatic rings. The topological polar surface area (TPSA) is 68.3 Å². The maximum Gasteiger partial charge on any atom is 0.275 e. The van der Waals surface area contributed by atoms with Crippen molar-refractivity contribution in [1.29, 1.82) is 0 Å². The fourth-order valence-corrected chi connectivity index (χ4v) is 3.94. The molecule has 0 radical (unpaired) electrons. The maximum atomic E-state index is 12.2. The lowest BCUT2D eigenvalue weighted by atomic mass is 10.2. The Morgan fingerprint density at radius 3 is 3.17 bits per heavy atom. The Morgan fingerprint density at radius 2 is 2.35 bits per heavy atom. The highest BCUT2D eigenvalue weighted by molar-refractivity contribution is 7.16. The van der Waals surface area contributed by atoms with Crippen molar-refractivity contribution >= 4 is 16.3 Å². The van der Waals surface area contributed by atoms with Gasteiger partial charge in [0.25, 0.3) is 5.56 Å². The van der Waals surface area contributed by atoms with Crippen molar-refractivity contribution in [3.05, 3.63) is 45.6 Å². The Bertz CT molecular complexity index is 868. The molecule has 4 rings (SSSR count). The molecule has 0 aliphatic carbocycles. The molecule has 0 spiro atoms. The van der Waals surface area contributed by atoms with Crippen LogP contribution in [0.1, 0.15) is 23.5 Å². The molecule has 3 aromatic rings. The zero-order chi connectivity index (χ0) is 15.8. The SMILES string of the molecule is Cc1nn2c(=O)cc(CN3CCC[C@H]3Cn3cccn3)nc2s1. The van der Waals surface area contributed by atoms with Gasteiger partial charge in [0.2, 0.25) is 4.96 Å². The van der Waals surface area contributed by atoms with Crippen molar-refractivity contribution in [1.82, 2.24) is 29.3 Å². The summed E-state index contributed by atoms with van der Waals surface area (Å²) in [4.78, 5) is 19.8. The van der Waals surface area contributed by atoms with Crippen molar-refractivity contribution in [2.24, 2.45) is 0 Å². The van der Waals surface area contributed by atoms with Gasteiger partial charge in [-0.25, -0.2) is 4.98 Å². The van der Waals surface area contributed by atoms with Crippen LogP contribution in [-0.2, 0) is 13.1 Å². The van der Waals surface area contributed by atoms with E-state index in [1.54, 1.807) is 6.07 Å². The maximum absolute atomic E-state index is 12.2. The zero-order valence-electron chi connectivity index (χ0n) is 12.9. The summed E-state index contributed by atoms with van der Waals surface area (Å²) in [6, 6.07) is 4.00. The Kier molecular flexibility index (Phi) is 3.70. The molecule has 0 bridgehead atoms. The van der Waals surface area contributed by atoms with E-state index in [-0.39, 0.29) is 5.56 Å². The third-order valence-corrected chi connectivity index (χ3v) is 5.04. The van der Waals surface area contributed by atoms with Gasteiger partial charge in [-0.05, 0) is 32.4 Å². The first-order chi connectivity index (χ1) is 11.2. The molecule has 1 aliphatic heterocycles. The van der Waals surface area contributed by atoms with E-state index in [0.29, 0.717) is 17.5 Å². The third kappa shape index (κ3) is 2.91. The molecule has 0 unspecified atom stereocenters. The lowest BCUT2D eigenvalue weighted by Gasteiger charge is -2.23. The Labute approximate surface area is 137 Å². The first-order valence-corrected chi connectivity index (χ1v) is 8.58. The van der Waals surface area contributed by atoms with Crippen molar-refractivity contribution in [2.75, 3.05) is 6.54 Å². The van der Waals surface area contributed by atoms with Crippen LogP contribution in [-0.4, -0.2) is 41.9 Å². The van der Waals surface area contributed by atoms with Crippen LogP contribution >= 0.6 is 11.3 Å². The van der Waals surface area contributed by atoms with E-state index >= 15 is 0 Å². The van der Waals surface area contributed by atoms with Gasteiger partial charge in [0.1, 0.15) is 5.01 Å². The summed E-state index contributed by atoms with van der Waals surface area (Å²) < 4.78 is 3.36. The quantitative estimate of drug-likeness (QED) is 0.722. The highest BCUT2D eigenvalue weighted by Gasteiger charge is 2.25. The minimum atomic E-state index is -0.0998. The van der Waals surface area contributed by atoms with Crippen LogP contribution in [0, 0.1) is 6.92 Å². The second-order valence-electron chi connectivity index (χ2n) is 5.90. The zero-order valence-corrected chi connectivity index (χ0v) is 13.7. The second kappa shape index (κ2) is 5.86. The molecular weight excluding hydrogens is 312 g/mol. The number of aryl methyl sites for hydroxylation is 1. The molecule has 8 heteroatoms. The van der Waals surface area contributed by atoms with Gasteiger partial charge >= 0.3 is 0 Å². The van der Waals surface area contributed by atoms with E-state index in [1.165, 1.54) is 22.3 Å². The molecular formula is C15H18N6OS. The molecule has 4 heterocycles. The van der Waals surface area contributed by atoms with Crippen LogP contribution in [0.2, 0.25) is 0 Å². The number of nitrogens with zero attached hydrogens (tertiary/aromatic N) is 6. The molecule has 0 N–H and O–H groups in total. The van der Waals surface area contributed by atoms with Crippen LogP contribution in [0.3, 0.4) is 0 Å². The molecule has 23 heavy (non-hydrogen) atoms. The van der Waals surface area contributed by atoms with Crippen LogP contribution in [0.4, 0.5) is 0 Å². The number of aromatic nitrogens is 5. The van der Waals surface area contributed by atoms with E-state index in [4.69, 9.17) is 0 Å². The van der Waals surface area contributed by atoms with Gasteiger partial charge < -0.3 is 0 Å². The Hall–Kier alpha value is -2.06. The monoisotopic (exact) mass is 330 g/mol. The van der Waals surface area contributed by atoms with Crippen molar-refractivity contribution in [3.8, 4) is 0 Å². The summed E-state index contributed by atoms with van der Waals surface area (Å²) in [5.74, 6) is 0. The fraction of sp³-hybridized carbons (Fsp3) is 0.467.